The van der Waals surface area contributed by atoms with Crippen LogP contribution in [0.5, 0.6) is 0 Å². The molecular formula is C9H9F2IN2O2. The van der Waals surface area contributed by atoms with E-state index in [0.717, 1.165) is 6.20 Å². The molecule has 16 heavy (non-hydrogen) atoms. The van der Waals surface area contributed by atoms with E-state index in [1.165, 1.54) is 0 Å². The minimum atomic E-state index is -2.77. The molecule has 0 fully saturated rings. The first-order valence-corrected chi connectivity index (χ1v) is 5.46. The number of carbonyl (C=O) groups excluding carboxylic acids is 1. The monoisotopic (exact) mass is 342 g/mol. The molecule has 1 aromatic heterocycles. The molecule has 0 unspecified atom stereocenters. The Morgan fingerprint density at radius 1 is 1.69 bits per heavy atom. The van der Waals surface area contributed by atoms with Crippen LogP contribution in [-0.4, -0.2) is 17.6 Å². The number of pyridine rings is 1. The van der Waals surface area contributed by atoms with E-state index >= 15 is 0 Å². The maximum atomic E-state index is 12.6. The minimum absolute atomic E-state index is 0.00644. The summed E-state index contributed by atoms with van der Waals surface area (Å²) >= 11 is 1.64. The summed E-state index contributed by atoms with van der Waals surface area (Å²) < 4.78 is 30.1. The normalized spacial score (nSPS) is 10.6. The zero-order chi connectivity index (χ0) is 12.3. The molecule has 0 aliphatic carbocycles. The highest BCUT2D eigenvalue weighted by Gasteiger charge is 2.22. The smallest absolute Gasteiger partial charge is 0.340 e. The molecule has 0 aromatic carbocycles. The Hall–Kier alpha value is -0.990. The van der Waals surface area contributed by atoms with E-state index in [-0.39, 0.29) is 21.6 Å². The highest BCUT2D eigenvalue weighted by atomic mass is 127. The number of aromatic nitrogens is 1. The van der Waals surface area contributed by atoms with Gasteiger partial charge in [0.05, 0.1) is 17.7 Å². The third-order valence-electron chi connectivity index (χ3n) is 1.80. The van der Waals surface area contributed by atoms with Crippen molar-refractivity contribution in [3.8, 4) is 0 Å². The van der Waals surface area contributed by atoms with Gasteiger partial charge >= 0.3 is 5.97 Å². The number of esters is 1. The van der Waals surface area contributed by atoms with Crippen LogP contribution in [0.2, 0.25) is 0 Å². The van der Waals surface area contributed by atoms with Crippen molar-refractivity contribution in [2.75, 3.05) is 12.3 Å². The summed E-state index contributed by atoms with van der Waals surface area (Å²) in [5, 5.41) is 0. The molecule has 88 valence electrons. The van der Waals surface area contributed by atoms with Gasteiger partial charge in [-0.1, -0.05) is 0 Å². The van der Waals surface area contributed by atoms with Crippen LogP contribution in [-0.2, 0) is 4.74 Å². The van der Waals surface area contributed by atoms with Gasteiger partial charge in [0, 0.05) is 9.77 Å². The Kier molecular flexibility index (Phi) is 4.39. The molecule has 0 bridgehead atoms. The summed E-state index contributed by atoms with van der Waals surface area (Å²) in [7, 11) is 0. The molecule has 0 saturated carbocycles. The number of anilines is 1. The lowest BCUT2D eigenvalue weighted by molar-refractivity contribution is 0.0524. The van der Waals surface area contributed by atoms with E-state index in [1.807, 2.05) is 0 Å². The molecule has 1 rings (SSSR count). The lowest BCUT2D eigenvalue weighted by Crippen LogP contribution is -2.11. The summed E-state index contributed by atoms with van der Waals surface area (Å²) in [6.45, 7) is 1.80. The number of ether oxygens (including phenoxy) is 1. The first kappa shape index (κ1) is 13.1. The highest BCUT2D eigenvalue weighted by molar-refractivity contribution is 14.1. The van der Waals surface area contributed by atoms with Gasteiger partial charge in [-0.25, -0.2) is 18.6 Å². The summed E-state index contributed by atoms with van der Waals surface area (Å²) in [6.07, 6.45) is -1.63. The lowest BCUT2D eigenvalue weighted by Gasteiger charge is -2.10. The van der Waals surface area contributed by atoms with Gasteiger partial charge in [0.15, 0.2) is 0 Å². The zero-order valence-electron chi connectivity index (χ0n) is 8.34. The second kappa shape index (κ2) is 5.37. The fourth-order valence-corrected chi connectivity index (χ4v) is 1.95. The fourth-order valence-electron chi connectivity index (χ4n) is 1.08. The fraction of sp³-hybridized carbons (Fsp3) is 0.333. The number of nitrogen functional groups attached to an aromatic ring is 1. The molecule has 0 aliphatic heterocycles. The third kappa shape index (κ3) is 2.57. The maximum Gasteiger partial charge on any atom is 0.340 e. The summed E-state index contributed by atoms with van der Waals surface area (Å²) in [5.41, 5.74) is 4.90. The molecule has 1 heterocycles. The number of rotatable bonds is 3. The lowest BCUT2D eigenvalue weighted by atomic mass is 10.2. The van der Waals surface area contributed by atoms with Crippen molar-refractivity contribution < 1.29 is 18.3 Å². The molecule has 4 nitrogen and oxygen atoms in total. The molecule has 0 atom stereocenters. The summed E-state index contributed by atoms with van der Waals surface area (Å²) in [5.74, 6) is -0.950. The number of nitrogens with zero attached hydrogens (tertiary/aromatic N) is 1. The standard InChI is InChI=1S/C9H9F2IN2O2/c1-2-16-9(15)4-3-14-8(13)5(6(4)12)7(10)11/h3,7H,2H2,1H3,(H2,13,14). The molecule has 0 spiro atoms. The Bertz CT molecular complexity index is 413. The quantitative estimate of drug-likeness (QED) is 0.677. The molecular weight excluding hydrogens is 333 g/mol. The van der Waals surface area contributed by atoms with E-state index in [4.69, 9.17) is 10.5 Å². The Morgan fingerprint density at radius 3 is 2.81 bits per heavy atom. The van der Waals surface area contributed by atoms with E-state index in [2.05, 4.69) is 4.98 Å². The van der Waals surface area contributed by atoms with Gasteiger partial charge in [0.1, 0.15) is 5.82 Å². The first-order valence-electron chi connectivity index (χ1n) is 4.38. The van der Waals surface area contributed by atoms with E-state index in [1.54, 1.807) is 29.5 Å². The van der Waals surface area contributed by atoms with Gasteiger partial charge in [-0.15, -0.1) is 0 Å². The Morgan fingerprint density at radius 2 is 2.31 bits per heavy atom. The van der Waals surface area contributed by atoms with Crippen LogP contribution in [0.25, 0.3) is 0 Å². The van der Waals surface area contributed by atoms with Crippen molar-refractivity contribution in [3.05, 3.63) is 20.9 Å². The van der Waals surface area contributed by atoms with Gasteiger partial charge in [0.25, 0.3) is 6.43 Å². The van der Waals surface area contributed by atoms with Crippen LogP contribution in [0.15, 0.2) is 6.20 Å². The molecule has 0 aliphatic rings. The average Bonchev–Trinajstić information content (AvgIpc) is 2.17. The van der Waals surface area contributed by atoms with E-state index in [9.17, 15) is 13.6 Å². The van der Waals surface area contributed by atoms with Crippen molar-refractivity contribution in [3.63, 3.8) is 0 Å². The predicted molar refractivity (Wildman–Crippen MR) is 62.3 cm³/mol. The largest absolute Gasteiger partial charge is 0.462 e. The number of nitrogens with two attached hydrogens (primary N) is 1. The average molecular weight is 342 g/mol. The van der Waals surface area contributed by atoms with Crippen molar-refractivity contribution in [1.82, 2.24) is 4.98 Å². The van der Waals surface area contributed by atoms with E-state index < -0.39 is 18.0 Å². The van der Waals surface area contributed by atoms with Crippen LogP contribution >= 0.6 is 22.6 Å². The summed E-state index contributed by atoms with van der Waals surface area (Å²) in [4.78, 5) is 15.0. The minimum Gasteiger partial charge on any atom is -0.462 e. The van der Waals surface area contributed by atoms with Crippen molar-refractivity contribution in [1.29, 1.82) is 0 Å². The van der Waals surface area contributed by atoms with Crippen LogP contribution in [0.3, 0.4) is 0 Å². The molecule has 1 aromatic rings. The highest BCUT2D eigenvalue weighted by Crippen LogP contribution is 2.30. The van der Waals surface area contributed by atoms with Gasteiger partial charge < -0.3 is 10.5 Å². The Balaban J connectivity index is 3.23. The van der Waals surface area contributed by atoms with Crippen molar-refractivity contribution in [2.45, 2.75) is 13.3 Å². The first-order chi connectivity index (χ1) is 7.49. The molecule has 0 radical (unpaired) electrons. The van der Waals surface area contributed by atoms with Crippen molar-refractivity contribution in [2.24, 2.45) is 0 Å². The second-order valence-corrected chi connectivity index (χ2v) is 3.88. The van der Waals surface area contributed by atoms with Gasteiger partial charge in [-0.2, -0.15) is 0 Å². The molecule has 2 N–H and O–H groups in total. The number of hydrogen-bond acceptors (Lipinski definition) is 4. The topological polar surface area (TPSA) is 65.2 Å². The Labute approximate surface area is 104 Å². The van der Waals surface area contributed by atoms with Crippen molar-refractivity contribution >= 4 is 34.4 Å². The molecule has 0 amide bonds. The van der Waals surface area contributed by atoms with Gasteiger partial charge in [0.2, 0.25) is 0 Å². The number of alkyl halides is 2. The summed E-state index contributed by atoms with van der Waals surface area (Å²) in [6, 6.07) is 0. The second-order valence-electron chi connectivity index (χ2n) is 2.81. The molecule has 0 saturated heterocycles. The van der Waals surface area contributed by atoms with Gasteiger partial charge in [-0.3, -0.25) is 0 Å². The number of halogens is 3. The predicted octanol–water partition coefficient (Wildman–Crippen LogP) is 2.38. The molecule has 7 heteroatoms. The number of hydrogen-bond donors (Lipinski definition) is 1. The van der Waals surface area contributed by atoms with Crippen LogP contribution in [0, 0.1) is 3.57 Å². The van der Waals surface area contributed by atoms with Crippen LogP contribution < -0.4 is 5.73 Å². The zero-order valence-corrected chi connectivity index (χ0v) is 10.5. The van der Waals surface area contributed by atoms with Crippen LogP contribution in [0.1, 0.15) is 29.3 Å². The maximum absolute atomic E-state index is 12.6. The van der Waals surface area contributed by atoms with Gasteiger partial charge in [-0.05, 0) is 29.5 Å². The third-order valence-corrected chi connectivity index (χ3v) is 2.96. The number of carbonyl (C=O) groups is 1. The SMILES string of the molecule is CCOC(=O)c1cnc(N)c(C(F)F)c1I. The van der Waals surface area contributed by atoms with E-state index in [0.29, 0.717) is 0 Å². The van der Waals surface area contributed by atoms with Crippen LogP contribution in [0.4, 0.5) is 14.6 Å².